The molecule has 0 aliphatic carbocycles. The number of rotatable bonds is 8. The van der Waals surface area contributed by atoms with Gasteiger partial charge in [-0.3, -0.25) is 4.79 Å². The van der Waals surface area contributed by atoms with Gasteiger partial charge in [-0.05, 0) is 42.7 Å². The molecular formula is C22H22F3N3O3. The number of hydrogen-bond acceptors (Lipinski definition) is 5. The summed E-state index contributed by atoms with van der Waals surface area (Å²) in [5, 5.41) is 4.36. The van der Waals surface area contributed by atoms with Crippen LogP contribution in [0.25, 0.3) is 17.1 Å². The van der Waals surface area contributed by atoms with Gasteiger partial charge in [0.05, 0.1) is 12.1 Å². The van der Waals surface area contributed by atoms with Gasteiger partial charge >= 0.3 is 12.3 Å². The highest BCUT2D eigenvalue weighted by atomic mass is 19.4. The number of hydrogen-bond donors (Lipinski definition) is 0. The van der Waals surface area contributed by atoms with E-state index in [1.807, 2.05) is 26.0 Å². The summed E-state index contributed by atoms with van der Waals surface area (Å²) >= 11 is 0. The number of carbonyl (C=O) groups excluding carboxylic acids is 1. The van der Waals surface area contributed by atoms with E-state index in [0.29, 0.717) is 11.5 Å². The van der Waals surface area contributed by atoms with Crippen molar-refractivity contribution in [3.05, 3.63) is 60.4 Å². The summed E-state index contributed by atoms with van der Waals surface area (Å²) in [5.74, 6) is -0.126. The Morgan fingerprint density at radius 3 is 2.26 bits per heavy atom. The van der Waals surface area contributed by atoms with Gasteiger partial charge in [0.15, 0.2) is 5.82 Å². The molecule has 0 radical (unpaired) electrons. The number of alkyl halides is 3. The molecule has 0 aliphatic rings. The lowest BCUT2D eigenvalue weighted by Gasteiger charge is -2.13. The first-order valence-corrected chi connectivity index (χ1v) is 9.84. The van der Waals surface area contributed by atoms with Gasteiger partial charge in [-0.25, -0.2) is 9.67 Å². The van der Waals surface area contributed by atoms with Crippen LogP contribution in [-0.2, 0) is 16.0 Å². The second-order valence-corrected chi connectivity index (χ2v) is 6.86. The molecule has 164 valence electrons. The van der Waals surface area contributed by atoms with Crippen molar-refractivity contribution in [2.75, 3.05) is 0 Å². The average molecular weight is 433 g/mol. The SMILES string of the molecule is CCC(CC)OC(=O)Cc1ccc(-c2ncn(-c3ccc(OC(F)(F)F)cc3)n2)cc1. The van der Waals surface area contributed by atoms with E-state index in [1.165, 1.54) is 35.3 Å². The van der Waals surface area contributed by atoms with Crippen LogP contribution in [-0.4, -0.2) is 33.2 Å². The molecule has 1 aromatic heterocycles. The van der Waals surface area contributed by atoms with Gasteiger partial charge < -0.3 is 9.47 Å². The quantitative estimate of drug-likeness (QED) is 0.462. The van der Waals surface area contributed by atoms with Crippen LogP contribution >= 0.6 is 0 Å². The van der Waals surface area contributed by atoms with Crippen molar-refractivity contribution in [1.29, 1.82) is 0 Å². The van der Waals surface area contributed by atoms with E-state index in [2.05, 4.69) is 14.8 Å². The zero-order valence-electron chi connectivity index (χ0n) is 17.1. The Hall–Kier alpha value is -3.36. The summed E-state index contributed by atoms with van der Waals surface area (Å²) in [6.07, 6.45) is -1.57. The number of esters is 1. The fourth-order valence-electron chi connectivity index (χ4n) is 2.94. The molecule has 0 spiro atoms. The predicted molar refractivity (Wildman–Crippen MR) is 108 cm³/mol. The maximum Gasteiger partial charge on any atom is 0.573 e. The van der Waals surface area contributed by atoms with Crippen molar-refractivity contribution in [3.8, 4) is 22.8 Å². The number of benzene rings is 2. The smallest absolute Gasteiger partial charge is 0.462 e. The van der Waals surface area contributed by atoms with Crippen LogP contribution in [0.15, 0.2) is 54.9 Å². The maximum atomic E-state index is 12.3. The highest BCUT2D eigenvalue weighted by molar-refractivity contribution is 5.73. The molecule has 0 N–H and O–H groups in total. The third-order valence-electron chi connectivity index (χ3n) is 4.60. The van der Waals surface area contributed by atoms with Gasteiger partial charge in [-0.2, -0.15) is 0 Å². The third-order valence-corrected chi connectivity index (χ3v) is 4.60. The van der Waals surface area contributed by atoms with Crippen LogP contribution in [0.1, 0.15) is 32.3 Å². The number of ether oxygens (including phenoxy) is 2. The van der Waals surface area contributed by atoms with Crippen LogP contribution < -0.4 is 4.74 Å². The minimum atomic E-state index is -4.74. The van der Waals surface area contributed by atoms with E-state index in [1.54, 1.807) is 12.1 Å². The van der Waals surface area contributed by atoms with Crippen molar-refractivity contribution >= 4 is 5.97 Å². The zero-order valence-corrected chi connectivity index (χ0v) is 17.1. The monoisotopic (exact) mass is 433 g/mol. The van der Waals surface area contributed by atoms with Gasteiger partial charge in [0.2, 0.25) is 0 Å². The van der Waals surface area contributed by atoms with Gasteiger partial charge in [0, 0.05) is 5.56 Å². The second kappa shape index (κ2) is 9.63. The highest BCUT2D eigenvalue weighted by Crippen LogP contribution is 2.24. The van der Waals surface area contributed by atoms with E-state index in [-0.39, 0.29) is 24.2 Å². The van der Waals surface area contributed by atoms with E-state index in [9.17, 15) is 18.0 Å². The first-order chi connectivity index (χ1) is 14.8. The summed E-state index contributed by atoms with van der Waals surface area (Å²) in [4.78, 5) is 16.3. The highest BCUT2D eigenvalue weighted by Gasteiger charge is 2.31. The molecule has 0 amide bonds. The van der Waals surface area contributed by atoms with Crippen LogP contribution in [0.4, 0.5) is 13.2 Å². The fourth-order valence-corrected chi connectivity index (χ4v) is 2.94. The Morgan fingerprint density at radius 1 is 1.03 bits per heavy atom. The van der Waals surface area contributed by atoms with Crippen molar-refractivity contribution < 1.29 is 27.4 Å². The molecule has 0 unspecified atom stereocenters. The van der Waals surface area contributed by atoms with E-state index < -0.39 is 6.36 Å². The normalized spacial score (nSPS) is 11.5. The Balaban J connectivity index is 1.65. The fraction of sp³-hybridized carbons (Fsp3) is 0.318. The molecule has 3 rings (SSSR count). The molecule has 9 heteroatoms. The summed E-state index contributed by atoms with van der Waals surface area (Å²) in [6.45, 7) is 3.96. The lowest BCUT2D eigenvalue weighted by molar-refractivity contribution is -0.274. The van der Waals surface area contributed by atoms with E-state index >= 15 is 0 Å². The standard InChI is InChI=1S/C22H22F3N3O3/c1-3-18(4-2)30-20(29)13-15-5-7-16(8-6-15)21-26-14-28(27-21)17-9-11-19(12-10-17)31-22(23,24)25/h5-12,14,18H,3-4,13H2,1-2H3. The lowest BCUT2D eigenvalue weighted by atomic mass is 10.1. The maximum absolute atomic E-state index is 12.3. The lowest BCUT2D eigenvalue weighted by Crippen LogP contribution is -2.18. The molecule has 0 aliphatic heterocycles. The first-order valence-electron chi connectivity index (χ1n) is 9.84. The molecule has 0 saturated heterocycles. The average Bonchev–Trinajstić information content (AvgIpc) is 3.22. The van der Waals surface area contributed by atoms with Crippen molar-refractivity contribution in [2.24, 2.45) is 0 Å². The van der Waals surface area contributed by atoms with Crippen molar-refractivity contribution in [1.82, 2.24) is 14.8 Å². The Labute approximate surface area is 177 Å². The van der Waals surface area contributed by atoms with Gasteiger partial charge in [-0.15, -0.1) is 18.3 Å². The molecular weight excluding hydrogens is 411 g/mol. The molecule has 2 aromatic carbocycles. The van der Waals surface area contributed by atoms with Gasteiger partial charge in [0.1, 0.15) is 18.2 Å². The Bertz CT molecular complexity index is 995. The van der Waals surface area contributed by atoms with Crippen LogP contribution in [0.3, 0.4) is 0 Å². The predicted octanol–water partition coefficient (Wildman–Crippen LogP) is 5.11. The van der Waals surface area contributed by atoms with Gasteiger partial charge in [-0.1, -0.05) is 38.1 Å². The minimum Gasteiger partial charge on any atom is -0.462 e. The largest absolute Gasteiger partial charge is 0.573 e. The molecule has 0 bridgehead atoms. The van der Waals surface area contributed by atoms with Crippen molar-refractivity contribution in [2.45, 2.75) is 45.6 Å². The number of nitrogens with zero attached hydrogens (tertiary/aromatic N) is 3. The summed E-state index contributed by atoms with van der Waals surface area (Å²) < 4.78 is 47.5. The van der Waals surface area contributed by atoms with Crippen LogP contribution in [0, 0.1) is 0 Å². The molecule has 0 atom stereocenters. The second-order valence-electron chi connectivity index (χ2n) is 6.86. The molecule has 6 nitrogen and oxygen atoms in total. The summed E-state index contributed by atoms with van der Waals surface area (Å²) in [7, 11) is 0. The van der Waals surface area contributed by atoms with Gasteiger partial charge in [0.25, 0.3) is 0 Å². The summed E-state index contributed by atoms with van der Waals surface area (Å²) in [5.41, 5.74) is 2.10. The Morgan fingerprint density at radius 2 is 1.68 bits per heavy atom. The minimum absolute atomic E-state index is 0.0611. The zero-order chi connectivity index (χ0) is 22.4. The third kappa shape index (κ3) is 6.31. The van der Waals surface area contributed by atoms with Crippen LogP contribution in [0.2, 0.25) is 0 Å². The number of halogens is 3. The number of aromatic nitrogens is 3. The topological polar surface area (TPSA) is 66.2 Å². The summed E-state index contributed by atoms with van der Waals surface area (Å²) in [6, 6.07) is 12.6. The Kier molecular flexibility index (Phi) is 6.94. The first kappa shape index (κ1) is 22.3. The van der Waals surface area contributed by atoms with Crippen molar-refractivity contribution in [3.63, 3.8) is 0 Å². The van der Waals surface area contributed by atoms with E-state index in [0.717, 1.165) is 24.0 Å². The number of carbonyl (C=O) groups is 1. The molecule has 0 saturated carbocycles. The molecule has 31 heavy (non-hydrogen) atoms. The molecule has 0 fully saturated rings. The van der Waals surface area contributed by atoms with Crippen LogP contribution in [0.5, 0.6) is 5.75 Å². The molecule has 1 heterocycles. The van der Waals surface area contributed by atoms with E-state index in [4.69, 9.17) is 4.74 Å². The molecule has 3 aromatic rings.